The summed E-state index contributed by atoms with van der Waals surface area (Å²) < 4.78 is 0.825. The smallest absolute Gasteiger partial charge is 0.246 e. The number of primary amides is 2. The zero-order chi connectivity index (χ0) is 98.4. The third-order valence-electron chi connectivity index (χ3n) is 24.2. The average Bonchev–Trinajstić information content (AvgIpc) is 1.75. The van der Waals surface area contributed by atoms with E-state index >= 15 is 38.4 Å². The molecule has 135 heavy (non-hydrogen) atoms. The van der Waals surface area contributed by atoms with Gasteiger partial charge < -0.3 is 120 Å². The van der Waals surface area contributed by atoms with Crippen molar-refractivity contribution in [3.63, 3.8) is 0 Å². The summed E-state index contributed by atoms with van der Waals surface area (Å²) >= 11 is 2.13. The van der Waals surface area contributed by atoms with Gasteiger partial charge in [0.1, 0.15) is 90.3 Å². The number of guanidine groups is 1. The fraction of sp³-hybridized carbons (Fsp3) is 0.527. The number of H-pyrrole nitrogens is 2. The van der Waals surface area contributed by atoms with Gasteiger partial charge in [0.25, 0.3) is 0 Å². The number of para-hydroxylation sites is 1. The van der Waals surface area contributed by atoms with Gasteiger partial charge in [-0.15, -0.1) is 23.1 Å². The summed E-state index contributed by atoms with van der Waals surface area (Å²) in [4.78, 5) is 266. The van der Waals surface area contributed by atoms with Gasteiger partial charge in [-0.1, -0.05) is 102 Å². The van der Waals surface area contributed by atoms with Crippen molar-refractivity contribution in [2.24, 2.45) is 23.1 Å². The molecule has 42 nitrogen and oxygen atoms in total. The number of nitrogens with two attached hydrogens (primary N) is 3. The first kappa shape index (κ1) is 105. The van der Waals surface area contributed by atoms with Gasteiger partial charge in [0.2, 0.25) is 100 Å². The maximum absolute atomic E-state index is 15.8. The van der Waals surface area contributed by atoms with Crippen LogP contribution in [0.5, 0.6) is 5.75 Å². The summed E-state index contributed by atoms with van der Waals surface area (Å²) in [5.41, 5.74) is 19.4. The molecule has 3 aromatic heterocycles. The van der Waals surface area contributed by atoms with Crippen LogP contribution in [0.1, 0.15) is 147 Å². The Hall–Kier alpha value is -13.3. The fourth-order valence-electron chi connectivity index (χ4n) is 16.7. The van der Waals surface area contributed by atoms with Crippen molar-refractivity contribution in [1.82, 2.24) is 97.9 Å². The number of phenolic OH excluding ortho intramolecular Hbond substituents is 1. The maximum atomic E-state index is 15.8. The third kappa shape index (κ3) is 29.6. The van der Waals surface area contributed by atoms with Crippen LogP contribution < -0.4 is 75.7 Å². The van der Waals surface area contributed by atoms with Crippen molar-refractivity contribution in [2.75, 3.05) is 65.4 Å². The van der Waals surface area contributed by atoms with E-state index in [-0.39, 0.29) is 115 Å². The number of aromatic nitrogens is 3. The van der Waals surface area contributed by atoms with E-state index in [1.165, 1.54) is 86.0 Å². The second kappa shape index (κ2) is 50.7. The highest BCUT2D eigenvalue weighted by Gasteiger charge is 2.46. The number of nitrogens with one attached hydrogen (secondary N) is 14. The molecule has 0 radical (unpaired) electrons. The van der Waals surface area contributed by atoms with E-state index in [2.05, 4.69) is 73.4 Å². The lowest BCUT2D eigenvalue weighted by Crippen LogP contribution is -2.62. The zero-order valence-electron chi connectivity index (χ0n) is 77.1. The summed E-state index contributed by atoms with van der Waals surface area (Å²) in [7, 11) is 3.95. The Bertz CT molecular complexity index is 5210. The number of aliphatic hydroxyl groups is 1. The standard InChI is InChI=1S/C91H127N23O19S2/c1-9-11-24-69-83(126)102-60(23-17-33-97-91(94)95)79(122)109-68(78(121)99-44-75(93)118)47-134-48-76(119)101-64(37-52-29-31-56(116)32-30-52)86(129)110(6)51(5)77(120)105-66(41-74(92)117)89(132)114-35-19-27-71(114)85(128)104-62(40-55-43-96-49-100-55)81(124)106-63(36-50(3)4)88(131)113-34-18-26-70(113)84(127)103-61(38-53-42-98-59-22-15-13-20-57(53)59)80(123)108-67(45-115)82(125)107-65(39-54-46-135-73-28-16-14-21-58(54)73)87(130)112(8)72(25-12-10-2)90(133)111(69)7/h13-16,20-22,28-32,42-43,46,49-51,60-72,98,115-116H,9-12,17-19,23-27,33-41,44-45,47-48H2,1-8H3,(H2,92,117)(H2,93,118)(H,96,100)(H,99,121)(H,101,119)(H,102,126)(H,103,127)(H,104,128)(H,105,120)(H,106,124)(H,107,125)(H,108,123)(H,109,122)(H4,94,95,97)/t51-,60-,61-,62-,63-,64-,65-,66-,67-,68-,69-,70-,71-,72-/m0/s1. The maximum Gasteiger partial charge on any atom is 0.246 e. The number of carbonyl (C=O) groups is 17. The molecule has 14 atom stereocenters. The number of carbonyl (C=O) groups excluding carboxylic acids is 17. The number of imidazole rings is 1. The predicted octanol–water partition coefficient (Wildman–Crippen LogP) is -1.17. The van der Waals surface area contributed by atoms with Crippen LogP contribution >= 0.6 is 23.1 Å². The number of rotatable bonds is 26. The Morgan fingerprint density at radius 2 is 1.10 bits per heavy atom. The molecule has 3 fully saturated rings. The molecule has 3 saturated heterocycles. The van der Waals surface area contributed by atoms with Gasteiger partial charge in [-0.3, -0.25) is 86.9 Å². The van der Waals surface area contributed by atoms with E-state index in [9.17, 15) is 53.4 Å². The Labute approximate surface area is 789 Å². The molecule has 3 aromatic carbocycles. The van der Waals surface area contributed by atoms with E-state index in [1.54, 1.807) is 55.8 Å². The first-order valence-electron chi connectivity index (χ1n) is 45.4. The Morgan fingerprint density at radius 1 is 0.548 bits per heavy atom. The topological polar surface area (TPSA) is 626 Å². The number of fused-ring (bicyclic) bond motifs is 4. The molecule has 3 aliphatic rings. The third-order valence-corrected chi connectivity index (χ3v) is 26.2. The number of likely N-dealkylation sites (N-methyl/N-ethyl adjacent to an activating group) is 3. The molecule has 6 aromatic rings. The molecule has 17 amide bonds. The number of unbranched alkanes of at least 4 members (excludes halogenated alkanes) is 2. The minimum atomic E-state index is -1.84. The molecule has 44 heteroatoms. The molecule has 9 rings (SSSR count). The minimum absolute atomic E-state index is 0.00306. The monoisotopic (exact) mass is 1910 g/mol. The van der Waals surface area contributed by atoms with Crippen LogP contribution in [-0.2, 0) is 107 Å². The van der Waals surface area contributed by atoms with Gasteiger partial charge in [-0.25, -0.2) is 4.98 Å². The molecule has 0 bridgehead atoms. The van der Waals surface area contributed by atoms with Crippen LogP contribution in [-0.4, -0.2) is 306 Å². The average molecular weight is 1910 g/mol. The molecule has 0 saturated carbocycles. The summed E-state index contributed by atoms with van der Waals surface area (Å²) in [5.74, 6) is -17.2. The van der Waals surface area contributed by atoms with Crippen LogP contribution in [0, 0.1) is 11.3 Å². The highest BCUT2D eigenvalue weighted by Crippen LogP contribution is 2.30. The molecule has 732 valence electrons. The Morgan fingerprint density at radius 3 is 1.71 bits per heavy atom. The highest BCUT2D eigenvalue weighted by atomic mass is 32.2. The summed E-state index contributed by atoms with van der Waals surface area (Å²) in [5, 5.41) is 61.9. The lowest BCUT2D eigenvalue weighted by molar-refractivity contribution is -0.149. The lowest BCUT2D eigenvalue weighted by atomic mass is 10.00. The number of aromatic hydroxyl groups is 1. The van der Waals surface area contributed by atoms with Gasteiger partial charge in [0.15, 0.2) is 5.96 Å². The number of amides is 17. The van der Waals surface area contributed by atoms with Gasteiger partial charge in [0.05, 0.1) is 31.7 Å². The molecular weight excluding hydrogens is 1780 g/mol. The number of aliphatic hydroxyl groups excluding tert-OH is 1. The van der Waals surface area contributed by atoms with Crippen molar-refractivity contribution in [1.29, 1.82) is 5.41 Å². The normalized spacial score (nSPS) is 24.2. The van der Waals surface area contributed by atoms with Crippen LogP contribution in [0.4, 0.5) is 0 Å². The minimum Gasteiger partial charge on any atom is -0.508 e. The van der Waals surface area contributed by atoms with E-state index in [0.29, 0.717) is 59.0 Å². The number of benzene rings is 3. The first-order chi connectivity index (χ1) is 64.4. The van der Waals surface area contributed by atoms with Crippen molar-refractivity contribution >= 4 is 150 Å². The summed E-state index contributed by atoms with van der Waals surface area (Å²) in [6.45, 7) is 6.68. The van der Waals surface area contributed by atoms with Gasteiger partial charge in [-0.05, 0) is 122 Å². The number of aromatic amines is 2. The van der Waals surface area contributed by atoms with E-state index < -0.39 is 222 Å². The molecule has 6 heterocycles. The fourth-order valence-corrected chi connectivity index (χ4v) is 18.5. The van der Waals surface area contributed by atoms with E-state index in [1.807, 2.05) is 32.0 Å². The van der Waals surface area contributed by atoms with Gasteiger partial charge in [0, 0.05) is 106 Å². The van der Waals surface area contributed by atoms with Crippen molar-refractivity contribution in [3.05, 3.63) is 119 Å². The number of thiophene rings is 1. The van der Waals surface area contributed by atoms with Crippen LogP contribution in [0.2, 0.25) is 0 Å². The molecule has 3 aliphatic heterocycles. The molecule has 0 aliphatic carbocycles. The van der Waals surface area contributed by atoms with E-state index in [4.69, 9.17) is 22.6 Å². The number of nitrogens with zero attached hydrogens (tertiary/aromatic N) is 6. The summed E-state index contributed by atoms with van der Waals surface area (Å²) in [6, 6.07) is -1.10. The Balaban J connectivity index is 1.10. The van der Waals surface area contributed by atoms with Crippen LogP contribution in [0.3, 0.4) is 0 Å². The largest absolute Gasteiger partial charge is 0.508 e. The second-order valence-electron chi connectivity index (χ2n) is 34.7. The van der Waals surface area contributed by atoms with Crippen molar-refractivity contribution < 1.29 is 91.7 Å². The molecule has 0 spiro atoms. The Kier molecular flexibility index (Phi) is 39.6. The number of hydrogen-bond donors (Lipinski definition) is 19. The first-order valence-corrected chi connectivity index (χ1v) is 47.4. The molecule has 22 N–H and O–H groups in total. The number of hydrogen-bond acceptors (Lipinski definition) is 23. The molecule has 0 unspecified atom stereocenters. The van der Waals surface area contributed by atoms with Gasteiger partial charge in [-0.2, -0.15) is 0 Å². The SMILES string of the molecule is CCCC[C@H]1C(=O)N(C)[C@@H](CCCC)C(=O)N[C@@H](CCCNC(=N)N)C(=O)N[C@H](C(=O)NCC(N)=O)CSCC(=O)N[C@@H](Cc2ccc(O)cc2)C(=O)N(C)[C@@H](C)C(=O)N[C@@H](CC(N)=O)C(=O)N2CCC[C@H]2C(=O)N[C@@H](Cc2cnc[nH]2)C(=O)N[C@@H](CC(C)C)C(=O)N2CCC[C@H]2C(=O)N[C@@H](Cc2c[nH]c3ccccc23)C(=O)N[C@@H](CO)C(=O)N[C@@H](Cc2csc3ccccc23)C(=O)N1C. The lowest BCUT2D eigenvalue weighted by Gasteiger charge is -2.36. The van der Waals surface area contributed by atoms with Crippen molar-refractivity contribution in [3.8, 4) is 5.75 Å². The second-order valence-corrected chi connectivity index (χ2v) is 36.6. The van der Waals surface area contributed by atoms with Crippen LogP contribution in [0.25, 0.3) is 21.0 Å². The van der Waals surface area contributed by atoms with Gasteiger partial charge >= 0.3 is 0 Å². The highest BCUT2D eigenvalue weighted by molar-refractivity contribution is 8.00. The van der Waals surface area contributed by atoms with E-state index in [0.717, 1.165) is 36.5 Å². The molecular formula is C91H127N23O19S2. The summed E-state index contributed by atoms with van der Waals surface area (Å²) in [6.07, 6.45) is 4.66. The zero-order valence-corrected chi connectivity index (χ0v) is 78.8. The van der Waals surface area contributed by atoms with Crippen molar-refractivity contribution in [2.45, 2.75) is 235 Å². The van der Waals surface area contributed by atoms with Crippen LogP contribution in [0.15, 0.2) is 96.9 Å². The number of thioether (sulfide) groups is 1. The predicted molar refractivity (Wildman–Crippen MR) is 502 cm³/mol. The quantitative estimate of drug-likeness (QED) is 0.0173. The number of phenols is 1.